The van der Waals surface area contributed by atoms with Crippen molar-refractivity contribution in [1.29, 1.82) is 0 Å². The second kappa shape index (κ2) is 5.07. The fourth-order valence-electron chi connectivity index (χ4n) is 1.80. The van der Waals surface area contributed by atoms with Crippen LogP contribution in [0.5, 0.6) is 0 Å². The summed E-state index contributed by atoms with van der Waals surface area (Å²) < 4.78 is 0. The molecule has 82 valence electrons. The van der Waals surface area contributed by atoms with E-state index in [4.69, 9.17) is 0 Å². The van der Waals surface area contributed by atoms with Crippen LogP contribution in [0.4, 0.5) is 5.95 Å². The zero-order valence-electron chi connectivity index (χ0n) is 9.24. The minimum absolute atomic E-state index is 0.891. The second-order valence-corrected chi connectivity index (χ2v) is 3.84. The van der Waals surface area contributed by atoms with Gasteiger partial charge in [0.15, 0.2) is 0 Å². The molecular formula is C11H18N4. The van der Waals surface area contributed by atoms with Gasteiger partial charge in [-0.25, -0.2) is 9.97 Å². The quantitative estimate of drug-likeness (QED) is 0.795. The van der Waals surface area contributed by atoms with Crippen LogP contribution < -0.4 is 10.2 Å². The summed E-state index contributed by atoms with van der Waals surface area (Å²) in [5.41, 5.74) is 1.15. The molecule has 1 fully saturated rings. The first-order valence-electron chi connectivity index (χ1n) is 5.67. The van der Waals surface area contributed by atoms with Gasteiger partial charge in [-0.2, -0.15) is 0 Å². The lowest BCUT2D eigenvalue weighted by Gasteiger charge is -2.27. The molecule has 0 unspecified atom stereocenters. The summed E-state index contributed by atoms with van der Waals surface area (Å²) in [6, 6.07) is 2.01. The average molecular weight is 206 g/mol. The van der Waals surface area contributed by atoms with Gasteiger partial charge in [-0.1, -0.05) is 13.3 Å². The molecule has 1 saturated heterocycles. The third kappa shape index (κ3) is 2.65. The number of hydrogen-bond acceptors (Lipinski definition) is 4. The SMILES string of the molecule is CCCc1ccnc(N2CCNCC2)n1. The Morgan fingerprint density at radius 2 is 2.20 bits per heavy atom. The Kier molecular flexibility index (Phi) is 3.50. The molecule has 0 saturated carbocycles. The fraction of sp³-hybridized carbons (Fsp3) is 0.636. The molecule has 0 atom stereocenters. The van der Waals surface area contributed by atoms with Gasteiger partial charge in [0.05, 0.1) is 0 Å². The Morgan fingerprint density at radius 1 is 1.40 bits per heavy atom. The van der Waals surface area contributed by atoms with Gasteiger partial charge in [0, 0.05) is 38.1 Å². The molecule has 1 aliphatic rings. The second-order valence-electron chi connectivity index (χ2n) is 3.84. The molecule has 4 heteroatoms. The number of nitrogens with one attached hydrogen (secondary N) is 1. The van der Waals surface area contributed by atoms with Crippen LogP contribution in [-0.2, 0) is 6.42 Å². The van der Waals surface area contributed by atoms with Crippen molar-refractivity contribution in [2.75, 3.05) is 31.1 Å². The molecule has 0 amide bonds. The van der Waals surface area contributed by atoms with Crippen molar-refractivity contribution >= 4 is 5.95 Å². The highest BCUT2D eigenvalue weighted by atomic mass is 15.3. The molecular weight excluding hydrogens is 188 g/mol. The number of rotatable bonds is 3. The first-order chi connectivity index (χ1) is 7.40. The minimum atomic E-state index is 0.891. The lowest BCUT2D eigenvalue weighted by atomic mass is 10.2. The predicted octanol–water partition coefficient (Wildman–Crippen LogP) is 0.839. The molecule has 1 aromatic heterocycles. The molecule has 0 aliphatic carbocycles. The van der Waals surface area contributed by atoms with Crippen LogP contribution in [0.25, 0.3) is 0 Å². The van der Waals surface area contributed by atoms with Crippen LogP contribution >= 0.6 is 0 Å². The highest BCUT2D eigenvalue weighted by Crippen LogP contribution is 2.09. The monoisotopic (exact) mass is 206 g/mol. The van der Waals surface area contributed by atoms with Gasteiger partial charge in [0.1, 0.15) is 0 Å². The van der Waals surface area contributed by atoms with Crippen molar-refractivity contribution in [3.8, 4) is 0 Å². The average Bonchev–Trinajstić information content (AvgIpc) is 2.31. The van der Waals surface area contributed by atoms with Gasteiger partial charge in [0.2, 0.25) is 5.95 Å². The van der Waals surface area contributed by atoms with Crippen molar-refractivity contribution in [1.82, 2.24) is 15.3 Å². The molecule has 1 N–H and O–H groups in total. The zero-order chi connectivity index (χ0) is 10.5. The summed E-state index contributed by atoms with van der Waals surface area (Å²) in [4.78, 5) is 11.2. The van der Waals surface area contributed by atoms with E-state index in [2.05, 4.69) is 27.1 Å². The molecule has 0 bridgehead atoms. The maximum atomic E-state index is 4.57. The molecule has 2 heterocycles. The summed E-state index contributed by atoms with van der Waals surface area (Å²) in [7, 11) is 0. The first-order valence-corrected chi connectivity index (χ1v) is 5.67. The van der Waals surface area contributed by atoms with Crippen molar-refractivity contribution in [2.24, 2.45) is 0 Å². The van der Waals surface area contributed by atoms with Gasteiger partial charge in [0.25, 0.3) is 0 Å². The first kappa shape index (κ1) is 10.4. The van der Waals surface area contributed by atoms with Crippen LogP contribution in [0, 0.1) is 0 Å². The summed E-state index contributed by atoms with van der Waals surface area (Å²) in [6.07, 6.45) is 4.05. The zero-order valence-corrected chi connectivity index (χ0v) is 9.24. The normalized spacial score (nSPS) is 16.7. The lowest BCUT2D eigenvalue weighted by Crippen LogP contribution is -2.44. The highest BCUT2D eigenvalue weighted by molar-refractivity contribution is 5.31. The predicted molar refractivity (Wildman–Crippen MR) is 61.1 cm³/mol. The van der Waals surface area contributed by atoms with Crippen LogP contribution in [0.15, 0.2) is 12.3 Å². The lowest BCUT2D eigenvalue weighted by molar-refractivity contribution is 0.578. The Bertz CT molecular complexity index is 307. The van der Waals surface area contributed by atoms with Crippen LogP contribution in [0.2, 0.25) is 0 Å². The molecule has 15 heavy (non-hydrogen) atoms. The molecule has 1 aliphatic heterocycles. The Balaban J connectivity index is 2.09. The Labute approximate surface area is 90.7 Å². The van der Waals surface area contributed by atoms with Crippen molar-refractivity contribution in [3.05, 3.63) is 18.0 Å². The molecule has 0 spiro atoms. The molecule has 4 nitrogen and oxygen atoms in total. The van der Waals surface area contributed by atoms with Gasteiger partial charge >= 0.3 is 0 Å². The van der Waals surface area contributed by atoms with Gasteiger partial charge in [-0.05, 0) is 12.5 Å². The molecule has 2 rings (SSSR count). The fourth-order valence-corrected chi connectivity index (χ4v) is 1.80. The molecule has 0 radical (unpaired) electrons. The minimum Gasteiger partial charge on any atom is -0.338 e. The third-order valence-electron chi connectivity index (χ3n) is 2.61. The number of nitrogens with zero attached hydrogens (tertiary/aromatic N) is 3. The Hall–Kier alpha value is -1.16. The maximum absolute atomic E-state index is 4.57. The van der Waals surface area contributed by atoms with E-state index in [-0.39, 0.29) is 0 Å². The number of aromatic nitrogens is 2. The van der Waals surface area contributed by atoms with Crippen molar-refractivity contribution in [3.63, 3.8) is 0 Å². The number of aryl methyl sites for hydroxylation is 1. The van der Waals surface area contributed by atoms with Crippen LogP contribution in [0.1, 0.15) is 19.0 Å². The van der Waals surface area contributed by atoms with Crippen molar-refractivity contribution in [2.45, 2.75) is 19.8 Å². The van der Waals surface area contributed by atoms with Crippen LogP contribution in [-0.4, -0.2) is 36.1 Å². The largest absolute Gasteiger partial charge is 0.338 e. The topological polar surface area (TPSA) is 41.1 Å². The number of piperazine rings is 1. The van der Waals surface area contributed by atoms with Gasteiger partial charge < -0.3 is 10.2 Å². The highest BCUT2D eigenvalue weighted by Gasteiger charge is 2.12. The summed E-state index contributed by atoms with van der Waals surface area (Å²) in [6.45, 7) is 6.25. The Morgan fingerprint density at radius 3 is 2.93 bits per heavy atom. The van der Waals surface area contributed by atoms with E-state index in [0.29, 0.717) is 0 Å². The van der Waals surface area contributed by atoms with E-state index < -0.39 is 0 Å². The van der Waals surface area contributed by atoms with E-state index in [9.17, 15) is 0 Å². The maximum Gasteiger partial charge on any atom is 0.225 e. The summed E-state index contributed by atoms with van der Waals surface area (Å²) in [5.74, 6) is 0.891. The summed E-state index contributed by atoms with van der Waals surface area (Å²) in [5, 5.41) is 3.33. The van der Waals surface area contributed by atoms with Crippen molar-refractivity contribution < 1.29 is 0 Å². The van der Waals surface area contributed by atoms with Gasteiger partial charge in [-0.15, -0.1) is 0 Å². The number of anilines is 1. The molecule has 1 aromatic rings. The third-order valence-corrected chi connectivity index (χ3v) is 2.61. The number of hydrogen-bond donors (Lipinski definition) is 1. The smallest absolute Gasteiger partial charge is 0.225 e. The van der Waals surface area contributed by atoms with Crippen LogP contribution in [0.3, 0.4) is 0 Å². The van der Waals surface area contributed by atoms with E-state index in [0.717, 1.165) is 50.7 Å². The van der Waals surface area contributed by atoms with E-state index in [1.165, 1.54) is 0 Å². The van der Waals surface area contributed by atoms with E-state index in [1.807, 2.05) is 12.3 Å². The summed E-state index contributed by atoms with van der Waals surface area (Å²) >= 11 is 0. The molecule has 0 aromatic carbocycles. The van der Waals surface area contributed by atoms with Gasteiger partial charge in [-0.3, -0.25) is 0 Å². The van der Waals surface area contributed by atoms with E-state index in [1.54, 1.807) is 0 Å². The van der Waals surface area contributed by atoms with E-state index >= 15 is 0 Å². The standard InChI is InChI=1S/C11H18N4/c1-2-3-10-4-5-13-11(14-10)15-8-6-12-7-9-15/h4-5,12H,2-3,6-9H2,1H3.